The number of allylic oxidation sites excluding steroid dienone is 1. The molecule has 0 heterocycles. The van der Waals surface area contributed by atoms with Crippen molar-refractivity contribution < 1.29 is 29.2 Å². The second-order valence-corrected chi connectivity index (χ2v) is 6.82. The highest BCUT2D eigenvalue weighted by atomic mass is 35.5. The Morgan fingerprint density at radius 1 is 1.61 bits per heavy atom. The van der Waals surface area contributed by atoms with E-state index in [2.05, 4.69) is 0 Å². The molecule has 8 heteroatoms. The molecule has 1 N–H and O–H groups in total. The van der Waals surface area contributed by atoms with E-state index in [1.807, 2.05) is 4.72 Å². The summed E-state index contributed by atoms with van der Waals surface area (Å²) in [6, 6.07) is -2.82. The Labute approximate surface area is 146 Å². The number of esters is 1. The van der Waals surface area contributed by atoms with Gasteiger partial charge in [-0.05, 0) is 44.3 Å². The van der Waals surface area contributed by atoms with Crippen LogP contribution in [0.2, 0.25) is 5.02 Å². The molecule has 1 aromatic carbocycles. The van der Waals surface area contributed by atoms with Gasteiger partial charge in [0.1, 0.15) is 11.1 Å². The second-order valence-electron chi connectivity index (χ2n) is 4.58. The molecular weight excluding hydrogens is 345 g/mol. The van der Waals surface area contributed by atoms with Crippen molar-refractivity contribution in [3.8, 4) is 0 Å². The lowest BCUT2D eigenvalue weighted by Crippen LogP contribution is -2.34. The summed E-state index contributed by atoms with van der Waals surface area (Å²) in [5.74, 6) is -2.36. The van der Waals surface area contributed by atoms with Crippen molar-refractivity contribution in [2.24, 2.45) is 0 Å². The minimum absolute atomic E-state index is 0.0512. The molecule has 0 radical (unpaired) electrons. The molecule has 0 spiro atoms. The standard InChI is InChI=1S/C15H17ClFNO4S/c1-2-22-15(19)11-5-3-4-6-14(11)23(20,21)18-13-8-7-10(17)9-12(13)16/h5,7-9,14,18H,2-4,6H2,1H3/i3D2,7D,8D,9D. The highest BCUT2D eigenvalue weighted by Gasteiger charge is 2.35. The first-order valence-corrected chi connectivity index (χ1v) is 8.61. The van der Waals surface area contributed by atoms with Crippen LogP contribution in [0, 0.1) is 5.82 Å². The second kappa shape index (κ2) is 7.31. The molecule has 1 atom stereocenters. The van der Waals surface area contributed by atoms with E-state index in [4.69, 9.17) is 23.2 Å². The Bertz CT molecular complexity index is 925. The van der Waals surface area contributed by atoms with Crippen molar-refractivity contribution in [2.75, 3.05) is 11.3 Å². The summed E-state index contributed by atoms with van der Waals surface area (Å²) in [6.45, 7) is 1.46. The van der Waals surface area contributed by atoms with Crippen LogP contribution in [0.3, 0.4) is 0 Å². The van der Waals surface area contributed by atoms with E-state index in [1.54, 1.807) is 0 Å². The fourth-order valence-corrected chi connectivity index (χ4v) is 3.76. The van der Waals surface area contributed by atoms with Gasteiger partial charge in [-0.15, -0.1) is 0 Å². The lowest BCUT2D eigenvalue weighted by Gasteiger charge is -2.24. The topological polar surface area (TPSA) is 72.5 Å². The van der Waals surface area contributed by atoms with Gasteiger partial charge in [0.05, 0.1) is 27.0 Å². The molecular formula is C15H17ClFNO4S. The van der Waals surface area contributed by atoms with Gasteiger partial charge in [0.2, 0.25) is 10.0 Å². The van der Waals surface area contributed by atoms with Crippen LogP contribution in [0.1, 0.15) is 33.0 Å². The quantitative estimate of drug-likeness (QED) is 0.812. The van der Waals surface area contributed by atoms with Crippen molar-refractivity contribution in [3.63, 3.8) is 0 Å². The minimum Gasteiger partial charge on any atom is -0.463 e. The van der Waals surface area contributed by atoms with Gasteiger partial charge in [-0.25, -0.2) is 17.6 Å². The van der Waals surface area contributed by atoms with E-state index in [9.17, 15) is 17.6 Å². The van der Waals surface area contributed by atoms with Crippen molar-refractivity contribution in [1.29, 1.82) is 0 Å². The largest absolute Gasteiger partial charge is 0.463 e. The van der Waals surface area contributed by atoms with Crippen LogP contribution in [-0.2, 0) is 19.6 Å². The Morgan fingerprint density at radius 3 is 3.04 bits per heavy atom. The van der Waals surface area contributed by atoms with Gasteiger partial charge in [-0.2, -0.15) is 0 Å². The zero-order valence-corrected chi connectivity index (χ0v) is 13.6. The van der Waals surface area contributed by atoms with Gasteiger partial charge in [0.15, 0.2) is 0 Å². The number of hydrogen-bond acceptors (Lipinski definition) is 4. The molecule has 23 heavy (non-hydrogen) atoms. The number of hydrogen-bond donors (Lipinski definition) is 1. The first-order chi connectivity index (χ1) is 12.8. The van der Waals surface area contributed by atoms with Crippen LogP contribution in [0.5, 0.6) is 0 Å². The SMILES string of the molecule is [2H]c1c([2H])c(NS(=O)(=O)C2CCC([2H])([2H])C=C2C(=O)OCC)c(Cl)c([2H])c1F. The average Bonchev–Trinajstić information content (AvgIpc) is 2.61. The number of halogens is 2. The van der Waals surface area contributed by atoms with Crippen LogP contribution >= 0.6 is 11.6 Å². The van der Waals surface area contributed by atoms with Gasteiger partial charge >= 0.3 is 5.97 Å². The summed E-state index contributed by atoms with van der Waals surface area (Å²) in [7, 11) is -4.47. The molecule has 0 bridgehead atoms. The Balaban J connectivity index is 2.51. The minimum atomic E-state index is -4.47. The maximum Gasteiger partial charge on any atom is 0.335 e. The number of carbonyl (C=O) groups excluding carboxylic acids is 1. The highest BCUT2D eigenvalue weighted by molar-refractivity contribution is 7.93. The molecule has 0 amide bonds. The molecule has 0 aromatic heterocycles. The summed E-state index contributed by atoms with van der Waals surface area (Å²) in [5, 5.41) is -2.21. The third-order valence-electron chi connectivity index (χ3n) is 3.02. The third kappa shape index (κ3) is 4.23. The molecule has 1 aliphatic rings. The van der Waals surface area contributed by atoms with Crippen molar-refractivity contribution in [1.82, 2.24) is 0 Å². The molecule has 126 valence electrons. The molecule has 1 aromatic rings. The number of sulfonamides is 1. The van der Waals surface area contributed by atoms with Crippen molar-refractivity contribution >= 4 is 33.3 Å². The van der Waals surface area contributed by atoms with E-state index in [-0.39, 0.29) is 19.4 Å². The monoisotopic (exact) mass is 366 g/mol. The molecule has 0 saturated heterocycles. The summed E-state index contributed by atoms with van der Waals surface area (Å²) in [4.78, 5) is 12.2. The van der Waals surface area contributed by atoms with Crippen LogP contribution in [-0.4, -0.2) is 26.2 Å². The molecule has 2 rings (SSSR count). The maximum atomic E-state index is 13.7. The fraction of sp³-hybridized carbons (Fsp3) is 0.400. The smallest absolute Gasteiger partial charge is 0.335 e. The van der Waals surface area contributed by atoms with Crippen LogP contribution in [0.15, 0.2) is 29.8 Å². The normalized spacial score (nSPS) is 23.5. The molecule has 0 fully saturated rings. The number of carbonyl (C=O) groups is 1. The van der Waals surface area contributed by atoms with Crippen LogP contribution in [0.4, 0.5) is 10.1 Å². The van der Waals surface area contributed by atoms with Gasteiger partial charge in [0, 0.05) is 2.74 Å². The first-order valence-electron chi connectivity index (χ1n) is 9.18. The van der Waals surface area contributed by atoms with Crippen LogP contribution in [0.25, 0.3) is 0 Å². The predicted molar refractivity (Wildman–Crippen MR) is 86.3 cm³/mol. The lowest BCUT2D eigenvalue weighted by molar-refractivity contribution is -0.138. The van der Waals surface area contributed by atoms with Gasteiger partial charge < -0.3 is 4.74 Å². The Hall–Kier alpha value is -1.60. The molecule has 5 nitrogen and oxygen atoms in total. The van der Waals surface area contributed by atoms with E-state index < -0.39 is 67.8 Å². The highest BCUT2D eigenvalue weighted by Crippen LogP contribution is 2.30. The van der Waals surface area contributed by atoms with Crippen LogP contribution < -0.4 is 4.72 Å². The number of ether oxygens (including phenoxy) is 1. The molecule has 0 aliphatic heterocycles. The number of anilines is 1. The van der Waals surface area contributed by atoms with Gasteiger partial charge in [0.25, 0.3) is 0 Å². The predicted octanol–water partition coefficient (Wildman–Crippen LogP) is 3.26. The maximum absolute atomic E-state index is 13.7. The fourth-order valence-electron chi connectivity index (χ4n) is 2.02. The molecule has 1 unspecified atom stereocenters. The zero-order valence-electron chi connectivity index (χ0n) is 17.1. The summed E-state index contributed by atoms with van der Waals surface area (Å²) in [5.41, 5.74) is -1.07. The molecule has 0 saturated carbocycles. The van der Waals surface area contributed by atoms with E-state index in [0.29, 0.717) is 0 Å². The number of benzene rings is 1. The zero-order chi connectivity index (χ0) is 21.4. The Kier molecular flexibility index (Phi) is 3.77. The van der Waals surface area contributed by atoms with Gasteiger partial charge in [-0.3, -0.25) is 4.72 Å². The summed E-state index contributed by atoms with van der Waals surface area (Å²) >= 11 is 5.79. The number of nitrogens with one attached hydrogen (secondary N) is 1. The molecule has 1 aliphatic carbocycles. The van der Waals surface area contributed by atoms with E-state index in [1.165, 1.54) is 6.92 Å². The first kappa shape index (κ1) is 11.9. The van der Waals surface area contributed by atoms with E-state index >= 15 is 0 Å². The van der Waals surface area contributed by atoms with Crippen molar-refractivity contribution in [3.05, 3.63) is 40.6 Å². The summed E-state index contributed by atoms with van der Waals surface area (Å²) < 4.78 is 84.5. The number of rotatable bonds is 5. The van der Waals surface area contributed by atoms with Crippen molar-refractivity contribution in [2.45, 2.75) is 31.4 Å². The summed E-state index contributed by atoms with van der Waals surface area (Å²) in [6.07, 6.45) is -1.48. The Morgan fingerprint density at radius 2 is 2.35 bits per heavy atom. The average molecular weight is 367 g/mol. The van der Waals surface area contributed by atoms with E-state index in [0.717, 1.165) is 6.08 Å². The van der Waals surface area contributed by atoms with Gasteiger partial charge in [-0.1, -0.05) is 17.7 Å². The lowest BCUT2D eigenvalue weighted by atomic mass is 9.99. The third-order valence-corrected chi connectivity index (χ3v) is 5.03.